The zero-order valence-electron chi connectivity index (χ0n) is 13.2. The molecule has 2 amide bonds. The van der Waals surface area contributed by atoms with Gasteiger partial charge in [0.05, 0.1) is 0 Å². The molecular formula is C16H20N2O6. The quantitative estimate of drug-likeness (QED) is 0.532. The Balaban J connectivity index is 2.70. The number of ether oxygens (including phenoxy) is 1. The second-order valence-corrected chi connectivity index (χ2v) is 5.11. The number of aliphatic carboxylic acids is 1. The molecule has 0 spiro atoms. The lowest BCUT2D eigenvalue weighted by atomic mass is 10.1. The number of hydrogen-bond donors (Lipinski definition) is 3. The van der Waals surface area contributed by atoms with E-state index in [9.17, 15) is 19.2 Å². The molecule has 0 aliphatic rings. The van der Waals surface area contributed by atoms with Crippen LogP contribution in [0.4, 0.5) is 0 Å². The van der Waals surface area contributed by atoms with Crippen LogP contribution in [0.15, 0.2) is 24.3 Å². The molecule has 24 heavy (non-hydrogen) atoms. The Bertz CT molecular complexity index is 599. The van der Waals surface area contributed by atoms with Gasteiger partial charge in [-0.3, -0.25) is 14.4 Å². The summed E-state index contributed by atoms with van der Waals surface area (Å²) in [5.74, 6) is -2.12. The first-order valence-electron chi connectivity index (χ1n) is 7.40. The van der Waals surface area contributed by atoms with Crippen LogP contribution < -0.4 is 15.8 Å². The van der Waals surface area contributed by atoms with Crippen molar-refractivity contribution in [2.45, 2.75) is 38.3 Å². The fraction of sp³-hybridized carbons (Fsp3) is 0.375. The summed E-state index contributed by atoms with van der Waals surface area (Å²) in [7, 11) is 0. The van der Waals surface area contributed by atoms with E-state index in [0.29, 0.717) is 24.0 Å². The van der Waals surface area contributed by atoms with Crippen LogP contribution in [-0.4, -0.2) is 41.3 Å². The third-order valence-corrected chi connectivity index (χ3v) is 3.25. The summed E-state index contributed by atoms with van der Waals surface area (Å²) in [4.78, 5) is 44.7. The van der Waals surface area contributed by atoms with Crippen molar-refractivity contribution < 1.29 is 29.0 Å². The Hall–Kier alpha value is -2.90. The zero-order chi connectivity index (χ0) is 18.1. The summed E-state index contributed by atoms with van der Waals surface area (Å²) < 4.78 is 5.52. The number of nitrogens with two attached hydrogens (primary N) is 1. The first kappa shape index (κ1) is 19.1. The molecule has 0 aliphatic heterocycles. The van der Waals surface area contributed by atoms with Crippen molar-refractivity contribution in [3.8, 4) is 5.75 Å². The van der Waals surface area contributed by atoms with Gasteiger partial charge < -0.3 is 20.9 Å². The molecule has 0 aromatic heterocycles. The van der Waals surface area contributed by atoms with E-state index >= 15 is 0 Å². The third-order valence-electron chi connectivity index (χ3n) is 3.25. The molecule has 1 aromatic carbocycles. The van der Waals surface area contributed by atoms with Crippen LogP contribution in [0, 0.1) is 0 Å². The van der Waals surface area contributed by atoms with Crippen molar-refractivity contribution in [3.05, 3.63) is 29.8 Å². The number of primary amides is 1. The summed E-state index contributed by atoms with van der Waals surface area (Å²) in [6.45, 7) is 1.71. The number of carboxylic acid groups (broad SMARTS) is 1. The first-order chi connectivity index (χ1) is 11.4. The number of rotatable bonds is 10. The van der Waals surface area contributed by atoms with Crippen molar-refractivity contribution in [3.63, 3.8) is 0 Å². The highest BCUT2D eigenvalue weighted by Gasteiger charge is 2.25. The molecule has 0 heterocycles. The average Bonchev–Trinajstić information content (AvgIpc) is 2.56. The van der Waals surface area contributed by atoms with E-state index in [4.69, 9.17) is 15.6 Å². The van der Waals surface area contributed by atoms with Gasteiger partial charge >= 0.3 is 5.97 Å². The maximum absolute atomic E-state index is 12.2. The molecule has 8 nitrogen and oxygen atoms in total. The lowest BCUT2D eigenvalue weighted by Crippen LogP contribution is -2.47. The number of hydrogen-bond acceptors (Lipinski definition) is 5. The van der Waals surface area contributed by atoms with Gasteiger partial charge in [-0.25, -0.2) is 4.79 Å². The molecule has 0 fully saturated rings. The van der Waals surface area contributed by atoms with Gasteiger partial charge in [0.2, 0.25) is 5.91 Å². The Kier molecular flexibility index (Phi) is 7.41. The smallest absolute Gasteiger partial charge is 0.326 e. The first-order valence-corrected chi connectivity index (χ1v) is 7.40. The number of aldehydes is 1. The Labute approximate surface area is 139 Å². The van der Waals surface area contributed by atoms with Crippen LogP contribution in [0.1, 0.15) is 36.5 Å². The van der Waals surface area contributed by atoms with Crippen molar-refractivity contribution in [2.24, 2.45) is 5.73 Å². The fourth-order valence-corrected chi connectivity index (χ4v) is 1.92. The van der Waals surface area contributed by atoms with Crippen LogP contribution in [-0.2, 0) is 14.4 Å². The van der Waals surface area contributed by atoms with E-state index in [1.807, 2.05) is 0 Å². The number of carbonyl (C=O) groups excluding carboxylic acids is 3. The fourth-order valence-electron chi connectivity index (χ4n) is 1.92. The minimum absolute atomic E-state index is 0.0964. The van der Waals surface area contributed by atoms with Crippen molar-refractivity contribution >= 4 is 24.1 Å². The number of amides is 2. The predicted octanol–water partition coefficient (Wildman–Crippen LogP) is 0.491. The largest absolute Gasteiger partial charge is 0.481 e. The van der Waals surface area contributed by atoms with Gasteiger partial charge in [0, 0.05) is 12.0 Å². The summed E-state index contributed by atoms with van der Waals surface area (Å²) in [6, 6.07) is 4.95. The van der Waals surface area contributed by atoms with E-state index in [1.165, 1.54) is 0 Å². The van der Waals surface area contributed by atoms with E-state index in [1.54, 1.807) is 31.2 Å². The molecular weight excluding hydrogens is 316 g/mol. The van der Waals surface area contributed by atoms with Gasteiger partial charge in [0.1, 0.15) is 18.1 Å². The number of carbonyl (C=O) groups is 4. The van der Waals surface area contributed by atoms with E-state index in [2.05, 4.69) is 5.32 Å². The molecule has 1 rings (SSSR count). The SMILES string of the molecule is CCC(Oc1ccc(C=O)cc1)C(=O)NC(CCC(N)=O)C(=O)O. The summed E-state index contributed by atoms with van der Waals surface area (Å²) >= 11 is 0. The normalized spacial score (nSPS) is 12.7. The molecule has 4 N–H and O–H groups in total. The van der Waals surface area contributed by atoms with Crippen LogP contribution in [0.25, 0.3) is 0 Å². The highest BCUT2D eigenvalue weighted by Crippen LogP contribution is 2.14. The van der Waals surface area contributed by atoms with Gasteiger partial charge in [-0.2, -0.15) is 0 Å². The standard InChI is InChI=1S/C16H20N2O6/c1-2-13(24-11-5-3-10(9-19)4-6-11)15(21)18-12(16(22)23)7-8-14(17)20/h3-6,9,12-13H,2,7-8H2,1H3,(H2,17,20)(H,18,21)(H,22,23). The van der Waals surface area contributed by atoms with E-state index < -0.39 is 29.9 Å². The van der Waals surface area contributed by atoms with Crippen LogP contribution in [0.5, 0.6) is 5.75 Å². The molecule has 0 saturated heterocycles. The summed E-state index contributed by atoms with van der Waals surface area (Å²) in [5, 5.41) is 11.4. The average molecular weight is 336 g/mol. The molecule has 130 valence electrons. The lowest BCUT2D eigenvalue weighted by Gasteiger charge is -2.20. The molecule has 2 atom stereocenters. The van der Waals surface area contributed by atoms with Gasteiger partial charge in [-0.1, -0.05) is 6.92 Å². The third kappa shape index (κ3) is 6.07. The molecule has 0 saturated carbocycles. The Morgan fingerprint density at radius 3 is 2.38 bits per heavy atom. The molecule has 0 bridgehead atoms. The number of carboxylic acids is 1. The lowest BCUT2D eigenvalue weighted by molar-refractivity contribution is -0.143. The van der Waals surface area contributed by atoms with Crippen molar-refractivity contribution in [2.75, 3.05) is 0 Å². The summed E-state index contributed by atoms with van der Waals surface area (Å²) in [5.41, 5.74) is 5.46. The molecule has 2 unspecified atom stereocenters. The summed E-state index contributed by atoms with van der Waals surface area (Å²) in [6.07, 6.45) is -0.154. The topological polar surface area (TPSA) is 136 Å². The molecule has 1 aromatic rings. The van der Waals surface area contributed by atoms with Crippen LogP contribution in [0.2, 0.25) is 0 Å². The minimum atomic E-state index is -1.25. The highest BCUT2D eigenvalue weighted by atomic mass is 16.5. The molecule has 0 radical (unpaired) electrons. The van der Waals surface area contributed by atoms with Crippen LogP contribution in [0.3, 0.4) is 0 Å². The van der Waals surface area contributed by atoms with E-state index in [-0.39, 0.29) is 12.8 Å². The Morgan fingerprint density at radius 2 is 1.92 bits per heavy atom. The molecule has 8 heteroatoms. The van der Waals surface area contributed by atoms with Crippen LogP contribution >= 0.6 is 0 Å². The highest BCUT2D eigenvalue weighted by molar-refractivity contribution is 5.87. The maximum atomic E-state index is 12.2. The van der Waals surface area contributed by atoms with Gasteiger partial charge in [0.15, 0.2) is 6.10 Å². The van der Waals surface area contributed by atoms with Gasteiger partial charge in [-0.05, 0) is 37.1 Å². The van der Waals surface area contributed by atoms with E-state index in [0.717, 1.165) is 0 Å². The second kappa shape index (κ2) is 9.29. The second-order valence-electron chi connectivity index (χ2n) is 5.11. The Morgan fingerprint density at radius 1 is 1.29 bits per heavy atom. The predicted molar refractivity (Wildman–Crippen MR) is 84.5 cm³/mol. The zero-order valence-corrected chi connectivity index (χ0v) is 13.2. The molecule has 0 aliphatic carbocycles. The van der Waals surface area contributed by atoms with Crippen molar-refractivity contribution in [1.29, 1.82) is 0 Å². The van der Waals surface area contributed by atoms with Gasteiger partial charge in [-0.15, -0.1) is 0 Å². The van der Waals surface area contributed by atoms with Gasteiger partial charge in [0.25, 0.3) is 5.91 Å². The minimum Gasteiger partial charge on any atom is -0.481 e. The monoisotopic (exact) mass is 336 g/mol. The number of nitrogens with one attached hydrogen (secondary N) is 1. The van der Waals surface area contributed by atoms with Crippen molar-refractivity contribution in [1.82, 2.24) is 5.32 Å². The number of benzene rings is 1. The maximum Gasteiger partial charge on any atom is 0.326 e.